The summed E-state index contributed by atoms with van der Waals surface area (Å²) in [5, 5.41) is 18.0. The first-order chi connectivity index (χ1) is 14.8. The fourth-order valence-corrected chi connectivity index (χ4v) is 4.47. The highest BCUT2D eigenvalue weighted by Gasteiger charge is 2.41. The molecule has 0 unspecified atom stereocenters. The third-order valence-corrected chi connectivity index (χ3v) is 5.87. The molecule has 2 N–H and O–H groups in total. The number of hydrogen-bond donors (Lipinski definition) is 2. The number of nitrogens with one attached hydrogen (secondary N) is 1. The maximum absolute atomic E-state index is 13.3. The van der Waals surface area contributed by atoms with E-state index in [0.717, 1.165) is 29.0 Å². The molecule has 1 aliphatic heterocycles. The van der Waals surface area contributed by atoms with Crippen LogP contribution >= 0.6 is 0 Å². The second-order valence-electron chi connectivity index (χ2n) is 8.89. The van der Waals surface area contributed by atoms with Gasteiger partial charge in [0.05, 0.1) is 7.11 Å². The molecule has 1 aromatic heterocycles. The Labute approximate surface area is 180 Å². The van der Waals surface area contributed by atoms with Gasteiger partial charge in [-0.05, 0) is 41.7 Å². The first-order valence-corrected chi connectivity index (χ1v) is 10.3. The summed E-state index contributed by atoms with van der Waals surface area (Å²) in [6.45, 7) is 4.21. The fourth-order valence-electron chi connectivity index (χ4n) is 4.47. The summed E-state index contributed by atoms with van der Waals surface area (Å²) in [5.74, 6) is 2.10. The number of Topliss-reactive ketones (excluding diaryl/α,β-unsaturated/α-hetero) is 1. The number of allylic oxidation sites excluding steroid dienone is 2. The zero-order chi connectivity index (χ0) is 21.8. The molecule has 0 fully saturated rings. The molecule has 5 rings (SSSR count). The van der Waals surface area contributed by atoms with Gasteiger partial charge >= 0.3 is 0 Å². The van der Waals surface area contributed by atoms with Crippen molar-refractivity contribution in [3.63, 3.8) is 0 Å². The number of aromatic nitrogens is 3. The summed E-state index contributed by atoms with van der Waals surface area (Å²) in [5.41, 5.74) is 3.18. The molecule has 31 heavy (non-hydrogen) atoms. The average molecular weight is 416 g/mol. The zero-order valence-electron chi connectivity index (χ0n) is 17.7. The Morgan fingerprint density at radius 2 is 1.94 bits per heavy atom. The molecule has 2 aromatic carbocycles. The first kappa shape index (κ1) is 19.4. The number of carbonyl (C=O) groups is 1. The van der Waals surface area contributed by atoms with Crippen LogP contribution in [0.2, 0.25) is 0 Å². The van der Waals surface area contributed by atoms with E-state index in [2.05, 4.69) is 19.2 Å². The molecule has 0 radical (unpaired) electrons. The van der Waals surface area contributed by atoms with Crippen molar-refractivity contribution in [3.05, 3.63) is 65.4 Å². The molecular weight excluding hydrogens is 392 g/mol. The number of phenols is 1. The lowest BCUT2D eigenvalue weighted by molar-refractivity contribution is -0.118. The van der Waals surface area contributed by atoms with Crippen molar-refractivity contribution in [3.8, 4) is 22.9 Å². The minimum atomic E-state index is -0.376. The Morgan fingerprint density at radius 3 is 2.65 bits per heavy atom. The summed E-state index contributed by atoms with van der Waals surface area (Å²) in [6.07, 6.45) is 1.25. The van der Waals surface area contributed by atoms with Gasteiger partial charge in [-0.25, -0.2) is 4.68 Å². The molecule has 0 saturated heterocycles. The van der Waals surface area contributed by atoms with Crippen molar-refractivity contribution in [2.45, 2.75) is 32.7 Å². The van der Waals surface area contributed by atoms with E-state index >= 15 is 0 Å². The van der Waals surface area contributed by atoms with Crippen molar-refractivity contribution >= 4 is 11.7 Å². The number of fused-ring (bicyclic) bond motifs is 1. The molecule has 0 saturated carbocycles. The average Bonchev–Trinajstić information content (AvgIpc) is 3.15. The van der Waals surface area contributed by atoms with Gasteiger partial charge in [-0.1, -0.05) is 38.1 Å². The molecule has 7 heteroatoms. The van der Waals surface area contributed by atoms with Crippen LogP contribution in [0.1, 0.15) is 38.3 Å². The van der Waals surface area contributed by atoms with E-state index in [-0.39, 0.29) is 23.0 Å². The third kappa shape index (κ3) is 3.36. The molecular formula is C24H24N4O3. The fraction of sp³-hybridized carbons (Fsp3) is 0.292. The van der Waals surface area contributed by atoms with Crippen molar-refractivity contribution in [2.24, 2.45) is 5.41 Å². The van der Waals surface area contributed by atoms with Crippen molar-refractivity contribution < 1.29 is 14.6 Å². The van der Waals surface area contributed by atoms with Crippen LogP contribution in [-0.2, 0) is 4.79 Å². The van der Waals surface area contributed by atoms with Crippen molar-refractivity contribution in [2.75, 3.05) is 12.4 Å². The van der Waals surface area contributed by atoms with Crippen LogP contribution in [0, 0.1) is 5.41 Å². The van der Waals surface area contributed by atoms with Gasteiger partial charge in [-0.3, -0.25) is 4.79 Å². The number of methoxy groups -OCH3 is 1. The molecule has 3 aromatic rings. The molecule has 2 heterocycles. The highest BCUT2D eigenvalue weighted by atomic mass is 16.5. The largest absolute Gasteiger partial charge is 0.508 e. The topological polar surface area (TPSA) is 89.3 Å². The number of phenolic OH excluding ortho intramolecular Hbond substituents is 1. The van der Waals surface area contributed by atoms with Gasteiger partial charge in [-0.2, -0.15) is 4.98 Å². The second kappa shape index (κ2) is 6.97. The third-order valence-electron chi connectivity index (χ3n) is 5.87. The molecule has 1 aliphatic carbocycles. The van der Waals surface area contributed by atoms with Gasteiger partial charge in [0.2, 0.25) is 5.95 Å². The van der Waals surface area contributed by atoms with Gasteiger partial charge in [0.15, 0.2) is 11.6 Å². The van der Waals surface area contributed by atoms with Gasteiger partial charge < -0.3 is 15.2 Å². The summed E-state index contributed by atoms with van der Waals surface area (Å²) >= 11 is 0. The number of aromatic hydroxyl groups is 1. The predicted octanol–water partition coefficient (Wildman–Crippen LogP) is 4.32. The van der Waals surface area contributed by atoms with E-state index in [1.54, 1.807) is 30.0 Å². The lowest BCUT2D eigenvalue weighted by Gasteiger charge is -2.38. The molecule has 0 bridgehead atoms. The maximum Gasteiger partial charge on any atom is 0.226 e. The molecule has 0 amide bonds. The highest BCUT2D eigenvalue weighted by molar-refractivity contribution is 6.00. The predicted molar refractivity (Wildman–Crippen MR) is 117 cm³/mol. The number of carbonyl (C=O) groups excluding carboxylic acids is 1. The Morgan fingerprint density at radius 1 is 1.16 bits per heavy atom. The van der Waals surface area contributed by atoms with E-state index in [1.165, 1.54) is 0 Å². The number of nitrogens with zero attached hydrogens (tertiary/aromatic N) is 3. The van der Waals surface area contributed by atoms with Gasteiger partial charge in [0.1, 0.15) is 17.5 Å². The number of hydrogen-bond acceptors (Lipinski definition) is 6. The van der Waals surface area contributed by atoms with E-state index in [9.17, 15) is 9.90 Å². The SMILES string of the molecule is COc1ccc([C@@H]2C3=C(CC(C)(C)CC3=O)Nc3nc(-c4cccc(O)c4)nn32)cc1. The zero-order valence-corrected chi connectivity index (χ0v) is 17.7. The minimum Gasteiger partial charge on any atom is -0.508 e. The number of ether oxygens (including phenoxy) is 1. The summed E-state index contributed by atoms with van der Waals surface area (Å²) in [6, 6.07) is 14.2. The molecule has 2 aliphatic rings. The van der Waals surface area contributed by atoms with Crippen LogP contribution in [0.3, 0.4) is 0 Å². The lowest BCUT2D eigenvalue weighted by atomic mass is 9.73. The summed E-state index contributed by atoms with van der Waals surface area (Å²) in [4.78, 5) is 18.0. The molecule has 1 atom stereocenters. The van der Waals surface area contributed by atoms with E-state index in [4.69, 9.17) is 14.8 Å². The van der Waals surface area contributed by atoms with Gasteiger partial charge in [0, 0.05) is 23.3 Å². The quantitative estimate of drug-likeness (QED) is 0.661. The summed E-state index contributed by atoms with van der Waals surface area (Å²) < 4.78 is 7.08. The lowest BCUT2D eigenvalue weighted by Crippen LogP contribution is -2.36. The normalized spacial score (nSPS) is 19.5. The van der Waals surface area contributed by atoms with E-state index in [0.29, 0.717) is 23.8 Å². The summed E-state index contributed by atoms with van der Waals surface area (Å²) in [7, 11) is 1.63. The van der Waals surface area contributed by atoms with Gasteiger partial charge in [-0.15, -0.1) is 5.10 Å². The van der Waals surface area contributed by atoms with Crippen LogP contribution in [0.15, 0.2) is 59.8 Å². The number of anilines is 1. The van der Waals surface area contributed by atoms with Gasteiger partial charge in [0.25, 0.3) is 0 Å². The van der Waals surface area contributed by atoms with Crippen LogP contribution in [0.5, 0.6) is 11.5 Å². The van der Waals surface area contributed by atoms with Crippen LogP contribution in [0.25, 0.3) is 11.4 Å². The number of ketones is 1. The van der Waals surface area contributed by atoms with Crippen molar-refractivity contribution in [1.29, 1.82) is 0 Å². The first-order valence-electron chi connectivity index (χ1n) is 10.3. The van der Waals surface area contributed by atoms with Crippen LogP contribution in [-0.4, -0.2) is 32.8 Å². The molecule has 0 spiro atoms. The molecule has 7 nitrogen and oxygen atoms in total. The Kier molecular flexibility index (Phi) is 4.36. The Bertz CT molecular complexity index is 1210. The molecule has 158 valence electrons. The number of rotatable bonds is 3. The van der Waals surface area contributed by atoms with Crippen LogP contribution in [0.4, 0.5) is 5.95 Å². The Balaban J connectivity index is 1.67. The smallest absolute Gasteiger partial charge is 0.226 e. The minimum absolute atomic E-state index is 0.121. The highest BCUT2D eigenvalue weighted by Crippen LogP contribution is 2.45. The maximum atomic E-state index is 13.3. The van der Waals surface area contributed by atoms with Crippen molar-refractivity contribution in [1.82, 2.24) is 14.8 Å². The standard InChI is InChI=1S/C24H24N4O3/c1-24(2)12-18-20(19(30)13-24)21(14-7-9-17(31-3)10-8-14)28-23(25-18)26-22(27-28)15-5-4-6-16(29)11-15/h4-11,21,29H,12-13H2,1-3H3,(H,25,26,27)/t21-/m1/s1. The van der Waals surface area contributed by atoms with Crippen LogP contribution < -0.4 is 10.1 Å². The monoisotopic (exact) mass is 416 g/mol. The number of benzene rings is 2. The second-order valence-corrected chi connectivity index (χ2v) is 8.89. The Hall–Kier alpha value is -3.61. The van der Waals surface area contributed by atoms with E-state index in [1.807, 2.05) is 30.3 Å². The van der Waals surface area contributed by atoms with E-state index < -0.39 is 0 Å².